The number of hydrogen-bond donors (Lipinski definition) is 2. The number of benzene rings is 1. The van der Waals surface area contributed by atoms with E-state index in [0.29, 0.717) is 6.54 Å². The summed E-state index contributed by atoms with van der Waals surface area (Å²) < 4.78 is 5.52. The Hall–Kier alpha value is -1.06. The summed E-state index contributed by atoms with van der Waals surface area (Å²) in [6.45, 7) is 6.15. The van der Waals surface area contributed by atoms with Crippen LogP contribution in [0.3, 0.4) is 0 Å². The van der Waals surface area contributed by atoms with Gasteiger partial charge in [0.2, 0.25) is 0 Å². The molecule has 0 aliphatic carbocycles. The number of ether oxygens (including phenoxy) is 1. The Labute approximate surface area is 90.9 Å². The summed E-state index contributed by atoms with van der Waals surface area (Å²) in [4.78, 5) is 0. The largest absolute Gasteiger partial charge is 0.490 e. The highest BCUT2D eigenvalue weighted by molar-refractivity contribution is 5.36. The van der Waals surface area contributed by atoms with E-state index >= 15 is 0 Å². The van der Waals surface area contributed by atoms with Crippen molar-refractivity contribution in [2.45, 2.75) is 32.9 Å². The molecule has 0 amide bonds. The van der Waals surface area contributed by atoms with Crippen LogP contribution in [0.2, 0.25) is 0 Å². The predicted molar refractivity (Wildman–Crippen MR) is 60.9 cm³/mol. The first kappa shape index (κ1) is 12.0. The molecule has 0 saturated carbocycles. The first-order chi connectivity index (χ1) is 6.92. The van der Waals surface area contributed by atoms with Gasteiger partial charge in [0.15, 0.2) is 0 Å². The molecule has 1 aromatic carbocycles. The lowest BCUT2D eigenvalue weighted by Crippen LogP contribution is -2.28. The Morgan fingerprint density at radius 2 is 2.07 bits per heavy atom. The summed E-state index contributed by atoms with van der Waals surface area (Å²) in [5, 5.41) is 9.54. The van der Waals surface area contributed by atoms with E-state index in [4.69, 9.17) is 10.5 Å². The highest BCUT2D eigenvalue weighted by atomic mass is 16.5. The summed E-state index contributed by atoms with van der Waals surface area (Å²) in [7, 11) is 0. The molecular formula is C12H19NO2. The fourth-order valence-electron chi connectivity index (χ4n) is 1.26. The minimum Gasteiger partial charge on any atom is -0.490 e. The SMILES string of the molecule is Cc1ccc(OCC(C)(C)O)c(CN)c1. The van der Waals surface area contributed by atoms with Crippen LogP contribution in [0.5, 0.6) is 5.75 Å². The quantitative estimate of drug-likeness (QED) is 0.792. The molecule has 0 unspecified atom stereocenters. The normalized spacial score (nSPS) is 11.5. The second-order valence-electron chi connectivity index (χ2n) is 4.42. The van der Waals surface area contributed by atoms with Gasteiger partial charge < -0.3 is 15.6 Å². The third kappa shape index (κ3) is 3.90. The molecule has 3 nitrogen and oxygen atoms in total. The average Bonchev–Trinajstić information content (AvgIpc) is 2.14. The van der Waals surface area contributed by atoms with Gasteiger partial charge in [-0.3, -0.25) is 0 Å². The molecule has 3 heteroatoms. The van der Waals surface area contributed by atoms with E-state index in [1.54, 1.807) is 13.8 Å². The molecule has 0 heterocycles. The van der Waals surface area contributed by atoms with E-state index in [0.717, 1.165) is 16.9 Å². The van der Waals surface area contributed by atoms with Gasteiger partial charge >= 0.3 is 0 Å². The van der Waals surface area contributed by atoms with Crippen molar-refractivity contribution in [1.82, 2.24) is 0 Å². The third-order valence-electron chi connectivity index (χ3n) is 2.02. The van der Waals surface area contributed by atoms with E-state index in [1.165, 1.54) is 0 Å². The minimum atomic E-state index is -0.823. The smallest absolute Gasteiger partial charge is 0.123 e. The first-order valence-electron chi connectivity index (χ1n) is 5.07. The van der Waals surface area contributed by atoms with Crippen molar-refractivity contribution >= 4 is 0 Å². The van der Waals surface area contributed by atoms with E-state index in [2.05, 4.69) is 0 Å². The Bertz CT molecular complexity index is 329. The lowest BCUT2D eigenvalue weighted by molar-refractivity contribution is 0.0281. The Balaban J connectivity index is 2.76. The van der Waals surface area contributed by atoms with Gasteiger partial charge in [0.05, 0.1) is 5.60 Å². The molecule has 3 N–H and O–H groups in total. The molecule has 0 fully saturated rings. The molecule has 0 saturated heterocycles. The average molecular weight is 209 g/mol. The molecule has 1 rings (SSSR count). The zero-order chi connectivity index (χ0) is 11.5. The standard InChI is InChI=1S/C12H19NO2/c1-9-4-5-11(10(6-9)7-13)15-8-12(2,3)14/h4-6,14H,7-8,13H2,1-3H3. The maximum Gasteiger partial charge on any atom is 0.123 e. The van der Waals surface area contributed by atoms with Gasteiger partial charge in [-0.05, 0) is 26.8 Å². The highest BCUT2D eigenvalue weighted by Crippen LogP contribution is 2.20. The van der Waals surface area contributed by atoms with Crippen molar-refractivity contribution in [3.05, 3.63) is 29.3 Å². The number of aryl methyl sites for hydroxylation is 1. The zero-order valence-corrected chi connectivity index (χ0v) is 9.58. The highest BCUT2D eigenvalue weighted by Gasteiger charge is 2.14. The van der Waals surface area contributed by atoms with E-state index in [-0.39, 0.29) is 6.61 Å². The van der Waals surface area contributed by atoms with Gasteiger partial charge in [0, 0.05) is 12.1 Å². The van der Waals surface area contributed by atoms with Crippen molar-refractivity contribution in [2.24, 2.45) is 5.73 Å². The van der Waals surface area contributed by atoms with Crippen LogP contribution in [-0.4, -0.2) is 17.3 Å². The molecule has 15 heavy (non-hydrogen) atoms. The fraction of sp³-hybridized carbons (Fsp3) is 0.500. The molecule has 0 aliphatic rings. The van der Waals surface area contributed by atoms with Gasteiger partial charge in [-0.1, -0.05) is 17.7 Å². The minimum absolute atomic E-state index is 0.267. The van der Waals surface area contributed by atoms with Crippen LogP contribution in [0.15, 0.2) is 18.2 Å². The summed E-state index contributed by atoms with van der Waals surface area (Å²) in [5.41, 5.74) is 6.92. The second kappa shape index (κ2) is 4.64. The molecule has 84 valence electrons. The number of aliphatic hydroxyl groups is 1. The molecule has 1 aromatic rings. The van der Waals surface area contributed by atoms with Gasteiger partial charge in [0.25, 0.3) is 0 Å². The molecule has 0 aliphatic heterocycles. The first-order valence-corrected chi connectivity index (χ1v) is 5.07. The summed E-state index contributed by atoms with van der Waals surface area (Å²) in [6, 6.07) is 5.86. The Morgan fingerprint density at radius 3 is 2.60 bits per heavy atom. The van der Waals surface area contributed by atoms with Crippen molar-refractivity contribution in [1.29, 1.82) is 0 Å². The topological polar surface area (TPSA) is 55.5 Å². The summed E-state index contributed by atoms with van der Waals surface area (Å²) >= 11 is 0. The van der Waals surface area contributed by atoms with Crippen molar-refractivity contribution in [2.75, 3.05) is 6.61 Å². The second-order valence-corrected chi connectivity index (χ2v) is 4.42. The Kier molecular flexibility index (Phi) is 3.72. The maximum atomic E-state index is 9.54. The molecule has 0 bridgehead atoms. The predicted octanol–water partition coefficient (Wildman–Crippen LogP) is 1.60. The van der Waals surface area contributed by atoms with Crippen LogP contribution < -0.4 is 10.5 Å². The van der Waals surface area contributed by atoms with E-state index in [9.17, 15) is 5.11 Å². The van der Waals surface area contributed by atoms with Crippen LogP contribution in [0.1, 0.15) is 25.0 Å². The monoisotopic (exact) mass is 209 g/mol. The summed E-state index contributed by atoms with van der Waals surface area (Å²) in [6.07, 6.45) is 0. The van der Waals surface area contributed by atoms with Gasteiger partial charge in [-0.25, -0.2) is 0 Å². The molecular weight excluding hydrogens is 190 g/mol. The third-order valence-corrected chi connectivity index (χ3v) is 2.02. The van der Waals surface area contributed by atoms with Gasteiger partial charge in [0.1, 0.15) is 12.4 Å². The maximum absolute atomic E-state index is 9.54. The fourth-order valence-corrected chi connectivity index (χ4v) is 1.26. The number of hydrogen-bond acceptors (Lipinski definition) is 3. The van der Waals surface area contributed by atoms with E-state index < -0.39 is 5.60 Å². The van der Waals surface area contributed by atoms with Crippen molar-refractivity contribution < 1.29 is 9.84 Å². The van der Waals surface area contributed by atoms with E-state index in [1.807, 2.05) is 25.1 Å². The van der Waals surface area contributed by atoms with Crippen LogP contribution in [0.25, 0.3) is 0 Å². The summed E-state index contributed by atoms with van der Waals surface area (Å²) in [5.74, 6) is 0.755. The molecule has 0 radical (unpaired) electrons. The lowest BCUT2D eigenvalue weighted by atomic mass is 10.1. The number of rotatable bonds is 4. The zero-order valence-electron chi connectivity index (χ0n) is 9.58. The Morgan fingerprint density at radius 1 is 1.40 bits per heavy atom. The van der Waals surface area contributed by atoms with Crippen LogP contribution in [-0.2, 0) is 6.54 Å². The van der Waals surface area contributed by atoms with Crippen LogP contribution >= 0.6 is 0 Å². The molecule has 0 aromatic heterocycles. The van der Waals surface area contributed by atoms with Gasteiger partial charge in [-0.15, -0.1) is 0 Å². The van der Waals surface area contributed by atoms with Crippen molar-refractivity contribution in [3.63, 3.8) is 0 Å². The molecule has 0 spiro atoms. The lowest BCUT2D eigenvalue weighted by Gasteiger charge is -2.19. The van der Waals surface area contributed by atoms with Crippen LogP contribution in [0, 0.1) is 6.92 Å². The molecule has 0 atom stereocenters. The van der Waals surface area contributed by atoms with Crippen LogP contribution in [0.4, 0.5) is 0 Å². The number of nitrogens with two attached hydrogens (primary N) is 1. The van der Waals surface area contributed by atoms with Crippen molar-refractivity contribution in [3.8, 4) is 5.75 Å². The van der Waals surface area contributed by atoms with Gasteiger partial charge in [-0.2, -0.15) is 0 Å².